The van der Waals surface area contributed by atoms with Crippen LogP contribution in [0.15, 0.2) is 24.3 Å². The van der Waals surface area contributed by atoms with Gasteiger partial charge in [0.25, 0.3) is 0 Å². The second kappa shape index (κ2) is 6.20. The second-order valence-electron chi connectivity index (χ2n) is 5.39. The SMILES string of the molecule is Cc1cccc(CCC(=O)N2CCOC(C)C2C)c1. The Kier molecular flexibility index (Phi) is 4.59. The molecule has 0 aromatic heterocycles. The number of hydrogen-bond donors (Lipinski definition) is 0. The molecule has 3 nitrogen and oxygen atoms in total. The molecule has 1 aliphatic rings. The van der Waals surface area contributed by atoms with Crippen molar-refractivity contribution < 1.29 is 9.53 Å². The van der Waals surface area contributed by atoms with Crippen LogP contribution in [0, 0.1) is 6.92 Å². The Hall–Kier alpha value is -1.35. The van der Waals surface area contributed by atoms with Gasteiger partial charge >= 0.3 is 0 Å². The fourth-order valence-corrected chi connectivity index (χ4v) is 2.55. The first-order chi connectivity index (χ1) is 9.08. The molecular weight excluding hydrogens is 238 g/mol. The maximum Gasteiger partial charge on any atom is 0.223 e. The fraction of sp³-hybridized carbons (Fsp3) is 0.562. The van der Waals surface area contributed by atoms with Crippen LogP contribution in [0.1, 0.15) is 31.4 Å². The van der Waals surface area contributed by atoms with Crippen LogP contribution in [0.2, 0.25) is 0 Å². The van der Waals surface area contributed by atoms with Crippen molar-refractivity contribution >= 4 is 5.91 Å². The largest absolute Gasteiger partial charge is 0.375 e. The molecule has 0 spiro atoms. The third-order valence-corrected chi connectivity index (χ3v) is 3.91. The number of benzene rings is 1. The van der Waals surface area contributed by atoms with E-state index < -0.39 is 0 Å². The molecule has 1 saturated heterocycles. The zero-order valence-electron chi connectivity index (χ0n) is 12.1. The van der Waals surface area contributed by atoms with Gasteiger partial charge < -0.3 is 9.64 Å². The quantitative estimate of drug-likeness (QED) is 0.837. The Morgan fingerprint density at radius 1 is 1.42 bits per heavy atom. The van der Waals surface area contributed by atoms with Crippen LogP contribution >= 0.6 is 0 Å². The third-order valence-electron chi connectivity index (χ3n) is 3.91. The highest BCUT2D eigenvalue weighted by Gasteiger charge is 2.28. The molecule has 0 saturated carbocycles. The lowest BCUT2D eigenvalue weighted by atomic mass is 10.1. The minimum Gasteiger partial charge on any atom is -0.375 e. The second-order valence-corrected chi connectivity index (χ2v) is 5.39. The Bertz CT molecular complexity index is 444. The highest BCUT2D eigenvalue weighted by Crippen LogP contribution is 2.16. The molecule has 1 aromatic rings. The molecule has 1 amide bonds. The molecule has 0 bridgehead atoms. The first-order valence-corrected chi connectivity index (χ1v) is 7.04. The molecule has 2 unspecified atom stereocenters. The number of aryl methyl sites for hydroxylation is 2. The van der Waals surface area contributed by atoms with Gasteiger partial charge in [-0.2, -0.15) is 0 Å². The summed E-state index contributed by atoms with van der Waals surface area (Å²) < 4.78 is 5.56. The van der Waals surface area contributed by atoms with Crippen LogP contribution in [0.25, 0.3) is 0 Å². The van der Waals surface area contributed by atoms with Gasteiger partial charge in [-0.05, 0) is 32.8 Å². The zero-order chi connectivity index (χ0) is 13.8. The van der Waals surface area contributed by atoms with E-state index in [0.29, 0.717) is 13.0 Å². The number of rotatable bonds is 3. The van der Waals surface area contributed by atoms with Crippen molar-refractivity contribution in [1.29, 1.82) is 0 Å². The Labute approximate surface area is 115 Å². The van der Waals surface area contributed by atoms with Crippen LogP contribution in [-0.2, 0) is 16.0 Å². The summed E-state index contributed by atoms with van der Waals surface area (Å²) in [6.45, 7) is 7.55. The summed E-state index contributed by atoms with van der Waals surface area (Å²) in [6.07, 6.45) is 1.54. The molecule has 0 radical (unpaired) electrons. The first kappa shape index (κ1) is 14.1. The summed E-state index contributed by atoms with van der Waals surface area (Å²) in [4.78, 5) is 14.2. The normalized spacial score (nSPS) is 23.4. The smallest absolute Gasteiger partial charge is 0.223 e. The van der Waals surface area contributed by atoms with Crippen molar-refractivity contribution in [2.24, 2.45) is 0 Å². The fourth-order valence-electron chi connectivity index (χ4n) is 2.55. The number of hydrogen-bond acceptors (Lipinski definition) is 2. The number of carbonyl (C=O) groups excluding carboxylic acids is 1. The average molecular weight is 261 g/mol. The van der Waals surface area contributed by atoms with Gasteiger partial charge in [0.1, 0.15) is 0 Å². The molecule has 1 heterocycles. The van der Waals surface area contributed by atoms with Crippen molar-refractivity contribution in [3.05, 3.63) is 35.4 Å². The van der Waals surface area contributed by atoms with Gasteiger partial charge in [-0.3, -0.25) is 4.79 Å². The summed E-state index contributed by atoms with van der Waals surface area (Å²) in [7, 11) is 0. The lowest BCUT2D eigenvalue weighted by Crippen LogP contribution is -2.51. The Morgan fingerprint density at radius 2 is 2.21 bits per heavy atom. The van der Waals surface area contributed by atoms with Crippen LogP contribution < -0.4 is 0 Å². The summed E-state index contributed by atoms with van der Waals surface area (Å²) >= 11 is 0. The molecule has 3 heteroatoms. The van der Waals surface area contributed by atoms with Gasteiger partial charge in [0.05, 0.1) is 18.8 Å². The van der Waals surface area contributed by atoms with Gasteiger partial charge in [-0.15, -0.1) is 0 Å². The highest BCUT2D eigenvalue weighted by atomic mass is 16.5. The lowest BCUT2D eigenvalue weighted by Gasteiger charge is -2.38. The molecule has 19 heavy (non-hydrogen) atoms. The number of carbonyl (C=O) groups is 1. The van der Waals surface area contributed by atoms with Crippen molar-refractivity contribution in [3.8, 4) is 0 Å². The van der Waals surface area contributed by atoms with Crippen molar-refractivity contribution in [2.75, 3.05) is 13.2 Å². The molecule has 0 aliphatic carbocycles. The lowest BCUT2D eigenvalue weighted by molar-refractivity contribution is -0.143. The number of nitrogens with zero attached hydrogens (tertiary/aromatic N) is 1. The Balaban J connectivity index is 1.90. The predicted octanol–water partition coefficient (Wildman–Crippen LogP) is 2.56. The minimum absolute atomic E-state index is 0.136. The van der Waals surface area contributed by atoms with Crippen LogP contribution in [0.5, 0.6) is 0 Å². The number of amides is 1. The van der Waals surface area contributed by atoms with E-state index in [1.807, 2.05) is 11.8 Å². The maximum absolute atomic E-state index is 12.3. The van der Waals surface area contributed by atoms with E-state index in [0.717, 1.165) is 13.0 Å². The van der Waals surface area contributed by atoms with Gasteiger partial charge in [0.2, 0.25) is 5.91 Å². The van der Waals surface area contributed by atoms with Crippen molar-refractivity contribution in [2.45, 2.75) is 45.8 Å². The molecule has 1 aromatic carbocycles. The average Bonchev–Trinajstić information content (AvgIpc) is 2.39. The van der Waals surface area contributed by atoms with Crippen molar-refractivity contribution in [3.63, 3.8) is 0 Å². The van der Waals surface area contributed by atoms with E-state index in [1.54, 1.807) is 0 Å². The van der Waals surface area contributed by atoms with Crippen LogP contribution in [0.3, 0.4) is 0 Å². The van der Waals surface area contributed by atoms with Crippen LogP contribution in [-0.4, -0.2) is 36.1 Å². The number of morpholine rings is 1. The molecule has 1 fully saturated rings. The minimum atomic E-state index is 0.136. The van der Waals surface area contributed by atoms with E-state index in [4.69, 9.17) is 4.74 Å². The molecule has 104 valence electrons. The van der Waals surface area contributed by atoms with E-state index in [2.05, 4.69) is 38.1 Å². The topological polar surface area (TPSA) is 29.5 Å². The molecule has 2 atom stereocenters. The van der Waals surface area contributed by atoms with Gasteiger partial charge in [0, 0.05) is 13.0 Å². The Morgan fingerprint density at radius 3 is 2.95 bits per heavy atom. The summed E-state index contributed by atoms with van der Waals surface area (Å²) in [5, 5.41) is 0. The van der Waals surface area contributed by atoms with Gasteiger partial charge in [0.15, 0.2) is 0 Å². The summed E-state index contributed by atoms with van der Waals surface area (Å²) in [6, 6.07) is 8.55. The monoisotopic (exact) mass is 261 g/mol. The van der Waals surface area contributed by atoms with E-state index in [-0.39, 0.29) is 18.1 Å². The molecular formula is C16H23NO2. The summed E-state index contributed by atoms with van der Waals surface area (Å²) in [5.41, 5.74) is 2.49. The zero-order valence-corrected chi connectivity index (χ0v) is 12.1. The van der Waals surface area contributed by atoms with Gasteiger partial charge in [-0.25, -0.2) is 0 Å². The molecule has 2 rings (SSSR count). The third kappa shape index (κ3) is 3.57. The molecule has 0 N–H and O–H groups in total. The maximum atomic E-state index is 12.3. The summed E-state index contributed by atoms with van der Waals surface area (Å²) in [5.74, 6) is 0.240. The van der Waals surface area contributed by atoms with E-state index in [1.165, 1.54) is 11.1 Å². The predicted molar refractivity (Wildman–Crippen MR) is 76.1 cm³/mol. The van der Waals surface area contributed by atoms with E-state index in [9.17, 15) is 4.79 Å². The molecule has 1 aliphatic heterocycles. The van der Waals surface area contributed by atoms with Crippen molar-refractivity contribution in [1.82, 2.24) is 4.90 Å². The first-order valence-electron chi connectivity index (χ1n) is 7.04. The van der Waals surface area contributed by atoms with E-state index >= 15 is 0 Å². The number of ether oxygens (including phenoxy) is 1. The van der Waals surface area contributed by atoms with Crippen LogP contribution in [0.4, 0.5) is 0 Å². The standard InChI is InChI=1S/C16H23NO2/c1-12-5-4-6-15(11-12)7-8-16(18)17-9-10-19-14(3)13(17)2/h4-6,11,13-14H,7-10H2,1-3H3. The highest BCUT2D eigenvalue weighted by molar-refractivity contribution is 5.77. The van der Waals surface area contributed by atoms with Gasteiger partial charge in [-0.1, -0.05) is 29.8 Å².